The monoisotopic (exact) mass is 312 g/mol. The normalized spacial score (nSPS) is 23.3. The van der Waals surface area contributed by atoms with Crippen molar-refractivity contribution in [3.8, 4) is 0 Å². The Morgan fingerprint density at radius 3 is 2.26 bits per heavy atom. The summed E-state index contributed by atoms with van der Waals surface area (Å²) in [6, 6.07) is 0. The molecule has 1 heterocycles. The van der Waals surface area contributed by atoms with Crippen LogP contribution in [0.1, 0.15) is 38.5 Å². The molecule has 2 N–H and O–H groups in total. The number of carbonyl (C=O) groups is 1. The SMILES string of the molecule is COC(=O)C1(N)CCN(CC2CCCC2)CC1.Cl.Cl. The van der Waals surface area contributed by atoms with E-state index in [9.17, 15) is 4.79 Å². The summed E-state index contributed by atoms with van der Waals surface area (Å²) in [6.07, 6.45) is 6.99. The lowest BCUT2D eigenvalue weighted by Crippen LogP contribution is -2.56. The molecule has 2 fully saturated rings. The minimum absolute atomic E-state index is 0. The number of carbonyl (C=O) groups excluding carboxylic acids is 1. The van der Waals surface area contributed by atoms with Crippen LogP contribution in [0.15, 0.2) is 0 Å². The molecule has 1 aliphatic carbocycles. The van der Waals surface area contributed by atoms with Crippen molar-refractivity contribution in [2.45, 2.75) is 44.1 Å². The summed E-state index contributed by atoms with van der Waals surface area (Å²) in [4.78, 5) is 14.0. The maximum Gasteiger partial charge on any atom is 0.325 e. The van der Waals surface area contributed by atoms with Crippen molar-refractivity contribution in [1.29, 1.82) is 0 Å². The van der Waals surface area contributed by atoms with Gasteiger partial charge in [-0.1, -0.05) is 12.8 Å². The number of methoxy groups -OCH3 is 1. The van der Waals surface area contributed by atoms with E-state index in [1.807, 2.05) is 0 Å². The summed E-state index contributed by atoms with van der Waals surface area (Å²) in [6.45, 7) is 3.06. The second kappa shape index (κ2) is 8.30. The Morgan fingerprint density at radius 2 is 1.79 bits per heavy atom. The number of halogens is 2. The fourth-order valence-corrected chi connectivity index (χ4v) is 3.10. The van der Waals surface area contributed by atoms with Crippen LogP contribution < -0.4 is 5.73 Å². The maximum atomic E-state index is 11.6. The quantitative estimate of drug-likeness (QED) is 0.810. The predicted molar refractivity (Wildman–Crippen MR) is 81.1 cm³/mol. The fourth-order valence-electron chi connectivity index (χ4n) is 3.10. The number of hydrogen-bond acceptors (Lipinski definition) is 4. The highest BCUT2D eigenvalue weighted by atomic mass is 35.5. The molecule has 1 aliphatic heterocycles. The summed E-state index contributed by atoms with van der Waals surface area (Å²) < 4.78 is 4.78. The number of nitrogens with zero attached hydrogens (tertiary/aromatic N) is 1. The van der Waals surface area contributed by atoms with E-state index >= 15 is 0 Å². The number of nitrogens with two attached hydrogens (primary N) is 1. The van der Waals surface area contributed by atoms with Gasteiger partial charge in [0.05, 0.1) is 7.11 Å². The molecule has 0 radical (unpaired) electrons. The summed E-state index contributed by atoms with van der Waals surface area (Å²) in [5.74, 6) is 0.622. The predicted octanol–water partition coefficient (Wildman–Crippen LogP) is 1.99. The third-order valence-electron chi connectivity index (χ3n) is 4.33. The average Bonchev–Trinajstić information content (AvgIpc) is 2.84. The molecule has 0 unspecified atom stereocenters. The Balaban J connectivity index is 0.00000162. The van der Waals surface area contributed by atoms with Gasteiger partial charge in [0.1, 0.15) is 5.54 Å². The number of hydrogen-bond donors (Lipinski definition) is 1. The molecular weight excluding hydrogens is 287 g/mol. The van der Waals surface area contributed by atoms with E-state index in [1.54, 1.807) is 0 Å². The number of ether oxygens (including phenoxy) is 1. The molecule has 0 bridgehead atoms. The molecule has 0 aromatic rings. The van der Waals surface area contributed by atoms with Crippen molar-refractivity contribution in [2.75, 3.05) is 26.7 Å². The lowest BCUT2D eigenvalue weighted by molar-refractivity contribution is -0.149. The van der Waals surface area contributed by atoms with E-state index in [2.05, 4.69) is 4.90 Å². The topological polar surface area (TPSA) is 55.6 Å². The fraction of sp³-hybridized carbons (Fsp3) is 0.923. The molecule has 0 aromatic carbocycles. The van der Waals surface area contributed by atoms with Crippen molar-refractivity contribution < 1.29 is 9.53 Å². The maximum absolute atomic E-state index is 11.6. The van der Waals surface area contributed by atoms with Crippen molar-refractivity contribution in [3.05, 3.63) is 0 Å². The number of likely N-dealkylation sites (tertiary alicyclic amines) is 1. The molecule has 4 nitrogen and oxygen atoms in total. The molecule has 2 rings (SSSR count). The molecule has 114 valence electrons. The van der Waals surface area contributed by atoms with Crippen molar-refractivity contribution in [3.63, 3.8) is 0 Å². The third-order valence-corrected chi connectivity index (χ3v) is 4.33. The molecule has 1 saturated carbocycles. The minimum atomic E-state index is -0.735. The molecule has 19 heavy (non-hydrogen) atoms. The molecule has 0 spiro atoms. The number of esters is 1. The van der Waals surface area contributed by atoms with Gasteiger partial charge in [0.15, 0.2) is 0 Å². The Hall–Kier alpha value is -0.0300. The first-order chi connectivity index (χ1) is 8.14. The molecule has 0 atom stereocenters. The third kappa shape index (κ3) is 4.78. The summed E-state index contributed by atoms with van der Waals surface area (Å²) in [7, 11) is 1.42. The van der Waals surface area contributed by atoms with Gasteiger partial charge in [-0.2, -0.15) is 0 Å². The highest BCUT2D eigenvalue weighted by Gasteiger charge is 2.38. The van der Waals surface area contributed by atoms with Crippen LogP contribution in [0.2, 0.25) is 0 Å². The Kier molecular flexibility index (Phi) is 8.29. The van der Waals surface area contributed by atoms with Crippen molar-refractivity contribution in [1.82, 2.24) is 4.90 Å². The first-order valence-electron chi connectivity index (χ1n) is 6.74. The van der Waals surface area contributed by atoms with Gasteiger partial charge in [-0.25, -0.2) is 0 Å². The van der Waals surface area contributed by atoms with Gasteiger partial charge in [-0.05, 0) is 31.6 Å². The van der Waals surface area contributed by atoms with Gasteiger partial charge in [-0.3, -0.25) is 4.79 Å². The summed E-state index contributed by atoms with van der Waals surface area (Å²) >= 11 is 0. The van der Waals surface area contributed by atoms with E-state index < -0.39 is 5.54 Å². The van der Waals surface area contributed by atoms with Crippen LogP contribution in [0.4, 0.5) is 0 Å². The lowest BCUT2D eigenvalue weighted by Gasteiger charge is -2.38. The number of piperidine rings is 1. The minimum Gasteiger partial charge on any atom is -0.468 e. The van der Waals surface area contributed by atoms with Gasteiger partial charge >= 0.3 is 5.97 Å². The zero-order valence-corrected chi connectivity index (χ0v) is 13.2. The van der Waals surface area contributed by atoms with Crippen LogP contribution in [0, 0.1) is 5.92 Å². The average molecular weight is 313 g/mol. The molecular formula is C13H26Cl2N2O2. The second-order valence-electron chi connectivity index (χ2n) is 5.60. The summed E-state index contributed by atoms with van der Waals surface area (Å²) in [5.41, 5.74) is 5.35. The molecule has 1 saturated heterocycles. The summed E-state index contributed by atoms with van der Waals surface area (Å²) in [5, 5.41) is 0. The van der Waals surface area contributed by atoms with Crippen LogP contribution in [0.25, 0.3) is 0 Å². The zero-order chi connectivity index (χ0) is 12.3. The molecule has 2 aliphatic rings. The molecule has 6 heteroatoms. The van der Waals surface area contributed by atoms with Gasteiger partial charge < -0.3 is 15.4 Å². The Bertz CT molecular complexity index is 276. The van der Waals surface area contributed by atoms with E-state index in [0.717, 1.165) is 31.8 Å². The standard InChI is InChI=1S/C13H24N2O2.2ClH/c1-17-12(16)13(14)6-8-15(9-7-13)10-11-4-2-3-5-11;;/h11H,2-10,14H2,1H3;2*1H. The van der Waals surface area contributed by atoms with Crippen LogP contribution >= 0.6 is 24.8 Å². The van der Waals surface area contributed by atoms with Gasteiger partial charge in [0, 0.05) is 19.6 Å². The van der Waals surface area contributed by atoms with E-state index in [0.29, 0.717) is 0 Å². The Labute approximate surface area is 128 Å². The first-order valence-corrected chi connectivity index (χ1v) is 6.74. The van der Waals surface area contributed by atoms with Gasteiger partial charge in [0.2, 0.25) is 0 Å². The first kappa shape index (κ1) is 19.0. The Morgan fingerprint density at radius 1 is 1.26 bits per heavy atom. The number of rotatable bonds is 3. The van der Waals surface area contributed by atoms with Gasteiger partial charge in [0.25, 0.3) is 0 Å². The smallest absolute Gasteiger partial charge is 0.325 e. The van der Waals surface area contributed by atoms with Crippen molar-refractivity contribution in [2.24, 2.45) is 11.7 Å². The van der Waals surface area contributed by atoms with Crippen LogP contribution in [-0.4, -0.2) is 43.2 Å². The second-order valence-corrected chi connectivity index (χ2v) is 5.60. The molecule has 0 amide bonds. The lowest BCUT2D eigenvalue weighted by atomic mass is 9.88. The van der Waals surface area contributed by atoms with Gasteiger partial charge in [-0.15, -0.1) is 24.8 Å². The van der Waals surface area contributed by atoms with E-state index in [4.69, 9.17) is 10.5 Å². The van der Waals surface area contributed by atoms with Crippen LogP contribution in [-0.2, 0) is 9.53 Å². The highest BCUT2D eigenvalue weighted by Crippen LogP contribution is 2.28. The van der Waals surface area contributed by atoms with Crippen molar-refractivity contribution >= 4 is 30.8 Å². The van der Waals surface area contributed by atoms with Crippen LogP contribution in [0.3, 0.4) is 0 Å². The van der Waals surface area contributed by atoms with E-state index in [-0.39, 0.29) is 30.8 Å². The highest BCUT2D eigenvalue weighted by molar-refractivity contribution is 5.85. The van der Waals surface area contributed by atoms with E-state index in [1.165, 1.54) is 39.3 Å². The zero-order valence-electron chi connectivity index (χ0n) is 11.6. The molecule has 0 aromatic heterocycles. The largest absolute Gasteiger partial charge is 0.468 e. The van der Waals surface area contributed by atoms with Crippen LogP contribution in [0.5, 0.6) is 0 Å².